The molecule has 0 spiro atoms. The van der Waals surface area contributed by atoms with Gasteiger partial charge in [-0.15, -0.1) is 0 Å². The van der Waals surface area contributed by atoms with Crippen LogP contribution in [0.4, 0.5) is 5.69 Å². The monoisotopic (exact) mass is 410 g/mol. The lowest BCUT2D eigenvalue weighted by Crippen LogP contribution is -2.54. The van der Waals surface area contributed by atoms with E-state index in [-0.39, 0.29) is 24.3 Å². The molecule has 4 heterocycles. The molecule has 3 saturated heterocycles. The van der Waals surface area contributed by atoms with Crippen molar-refractivity contribution in [2.24, 2.45) is 0 Å². The highest BCUT2D eigenvalue weighted by molar-refractivity contribution is 6.23. The van der Waals surface area contributed by atoms with Gasteiger partial charge in [0.1, 0.15) is 6.04 Å². The van der Waals surface area contributed by atoms with E-state index >= 15 is 0 Å². The number of imide groups is 2. The summed E-state index contributed by atoms with van der Waals surface area (Å²) in [6.45, 7) is 8.60. The third-order valence-electron chi connectivity index (χ3n) is 6.86. The molecule has 4 amide bonds. The largest absolute Gasteiger partial charge is 0.366 e. The zero-order valence-corrected chi connectivity index (χ0v) is 17.5. The summed E-state index contributed by atoms with van der Waals surface area (Å²) in [6, 6.07) is 5.35. The van der Waals surface area contributed by atoms with Crippen molar-refractivity contribution in [3.8, 4) is 0 Å². The Hall–Kier alpha value is -2.74. The number of likely N-dealkylation sites (tertiary alicyclic amines) is 1. The van der Waals surface area contributed by atoms with Gasteiger partial charge in [-0.25, -0.2) is 0 Å². The van der Waals surface area contributed by atoms with Crippen molar-refractivity contribution in [1.29, 1.82) is 0 Å². The summed E-state index contributed by atoms with van der Waals surface area (Å²) in [5.74, 6) is -1.87. The Labute approximate surface area is 175 Å². The Morgan fingerprint density at radius 3 is 2.33 bits per heavy atom. The molecule has 0 radical (unpaired) electrons. The molecule has 1 aromatic carbocycles. The lowest BCUT2D eigenvalue weighted by molar-refractivity contribution is -0.136. The first-order chi connectivity index (χ1) is 14.1. The van der Waals surface area contributed by atoms with E-state index in [1.54, 1.807) is 12.1 Å². The number of hydrogen-bond acceptors (Lipinski definition) is 6. The maximum atomic E-state index is 13.1. The maximum absolute atomic E-state index is 13.1. The zero-order chi connectivity index (χ0) is 21.4. The molecule has 0 saturated carbocycles. The predicted molar refractivity (Wildman–Crippen MR) is 109 cm³/mol. The molecule has 4 aliphatic rings. The summed E-state index contributed by atoms with van der Waals surface area (Å²) in [6.07, 6.45) is 1.39. The highest BCUT2D eigenvalue weighted by atomic mass is 16.2. The summed E-state index contributed by atoms with van der Waals surface area (Å²) >= 11 is 0. The fourth-order valence-electron chi connectivity index (χ4n) is 5.44. The minimum Gasteiger partial charge on any atom is -0.366 e. The van der Waals surface area contributed by atoms with Gasteiger partial charge in [0, 0.05) is 42.8 Å². The molecule has 1 unspecified atom stereocenters. The first-order valence-electron chi connectivity index (χ1n) is 10.5. The first-order valence-corrected chi connectivity index (χ1v) is 10.5. The van der Waals surface area contributed by atoms with Crippen LogP contribution in [0.1, 0.15) is 60.7 Å². The fraction of sp³-hybridized carbons (Fsp3) is 0.545. The molecule has 8 nitrogen and oxygen atoms in total. The zero-order valence-electron chi connectivity index (χ0n) is 17.5. The van der Waals surface area contributed by atoms with Gasteiger partial charge in [-0.05, 0) is 51.8 Å². The third-order valence-corrected chi connectivity index (χ3v) is 6.86. The van der Waals surface area contributed by atoms with Gasteiger partial charge in [-0.1, -0.05) is 0 Å². The number of carbonyl (C=O) groups excluding carboxylic acids is 4. The van der Waals surface area contributed by atoms with Crippen LogP contribution in [0, 0.1) is 0 Å². The average Bonchev–Trinajstić information content (AvgIpc) is 3.35. The first kappa shape index (κ1) is 19.2. The molecule has 0 aliphatic carbocycles. The number of fused-ring (bicyclic) bond motifs is 3. The summed E-state index contributed by atoms with van der Waals surface area (Å²) < 4.78 is 0. The van der Waals surface area contributed by atoms with E-state index in [1.807, 2.05) is 6.07 Å². The summed E-state index contributed by atoms with van der Waals surface area (Å²) in [4.78, 5) is 55.5. The Morgan fingerprint density at radius 1 is 0.967 bits per heavy atom. The van der Waals surface area contributed by atoms with Gasteiger partial charge in [0.25, 0.3) is 11.8 Å². The number of piperazine rings is 1. The summed E-state index contributed by atoms with van der Waals surface area (Å²) in [5.41, 5.74) is 1.75. The molecular formula is C22H26N4O4. The van der Waals surface area contributed by atoms with Crippen LogP contribution in [-0.2, 0) is 9.59 Å². The molecule has 0 aromatic heterocycles. The van der Waals surface area contributed by atoms with Gasteiger partial charge in [0.15, 0.2) is 0 Å². The van der Waals surface area contributed by atoms with Gasteiger partial charge in [0.05, 0.1) is 11.1 Å². The lowest BCUT2D eigenvalue weighted by Gasteiger charge is -2.42. The number of nitrogens with zero attached hydrogens (tertiary/aromatic N) is 3. The van der Waals surface area contributed by atoms with Crippen molar-refractivity contribution in [2.45, 2.75) is 63.7 Å². The second kappa shape index (κ2) is 6.38. The molecule has 2 bridgehead atoms. The molecular weight excluding hydrogens is 384 g/mol. The van der Waals surface area contributed by atoms with Gasteiger partial charge in [-0.2, -0.15) is 0 Å². The summed E-state index contributed by atoms with van der Waals surface area (Å²) in [5, 5.41) is 2.23. The predicted octanol–water partition coefficient (Wildman–Crippen LogP) is 1.15. The molecule has 4 aliphatic heterocycles. The topological polar surface area (TPSA) is 90.0 Å². The number of amides is 4. The van der Waals surface area contributed by atoms with E-state index in [1.165, 1.54) is 0 Å². The minimum atomic E-state index is -0.929. The van der Waals surface area contributed by atoms with Crippen molar-refractivity contribution in [2.75, 3.05) is 18.0 Å². The fourth-order valence-corrected chi connectivity index (χ4v) is 5.44. The summed E-state index contributed by atoms with van der Waals surface area (Å²) in [7, 11) is 0. The SMILES string of the molecule is CC(C)(C)N1C[C@H]2C[C@@H]1CN2c1ccc2c(c1)C(=O)N(C1CCC(=O)NC1=O)C2=O. The van der Waals surface area contributed by atoms with Crippen molar-refractivity contribution >= 4 is 29.3 Å². The van der Waals surface area contributed by atoms with Crippen molar-refractivity contribution < 1.29 is 19.2 Å². The average molecular weight is 410 g/mol. The lowest BCUT2D eigenvalue weighted by atomic mass is 10.0. The number of hydrogen-bond donors (Lipinski definition) is 1. The van der Waals surface area contributed by atoms with Crippen LogP contribution in [0.3, 0.4) is 0 Å². The van der Waals surface area contributed by atoms with E-state index < -0.39 is 23.8 Å². The van der Waals surface area contributed by atoms with Crippen LogP contribution >= 0.6 is 0 Å². The molecule has 1 aromatic rings. The molecule has 30 heavy (non-hydrogen) atoms. The Kier molecular flexibility index (Phi) is 4.09. The number of anilines is 1. The molecule has 1 N–H and O–H groups in total. The highest BCUT2D eigenvalue weighted by Gasteiger charge is 2.48. The Bertz CT molecular complexity index is 982. The number of benzene rings is 1. The molecule has 5 rings (SSSR count). The second-order valence-electron chi connectivity index (χ2n) is 9.70. The van der Waals surface area contributed by atoms with E-state index in [4.69, 9.17) is 0 Å². The van der Waals surface area contributed by atoms with Crippen LogP contribution in [0.5, 0.6) is 0 Å². The molecule has 8 heteroatoms. The Balaban J connectivity index is 1.39. The molecule has 158 valence electrons. The van der Waals surface area contributed by atoms with Crippen molar-refractivity contribution in [3.05, 3.63) is 29.3 Å². The Morgan fingerprint density at radius 2 is 1.70 bits per heavy atom. The van der Waals surface area contributed by atoms with E-state index in [9.17, 15) is 19.2 Å². The van der Waals surface area contributed by atoms with Gasteiger partial charge in [0.2, 0.25) is 11.8 Å². The maximum Gasteiger partial charge on any atom is 0.262 e. The smallest absolute Gasteiger partial charge is 0.262 e. The van der Waals surface area contributed by atoms with Crippen molar-refractivity contribution in [1.82, 2.24) is 15.1 Å². The van der Waals surface area contributed by atoms with Crippen LogP contribution in [0.25, 0.3) is 0 Å². The third kappa shape index (κ3) is 2.77. The quantitative estimate of drug-likeness (QED) is 0.736. The number of piperidine rings is 1. The van der Waals surface area contributed by atoms with Crippen LogP contribution in [0.15, 0.2) is 18.2 Å². The van der Waals surface area contributed by atoms with Crippen LogP contribution < -0.4 is 10.2 Å². The van der Waals surface area contributed by atoms with Crippen molar-refractivity contribution in [3.63, 3.8) is 0 Å². The minimum absolute atomic E-state index is 0.121. The van der Waals surface area contributed by atoms with Gasteiger partial charge < -0.3 is 4.90 Å². The van der Waals surface area contributed by atoms with E-state index in [0.717, 1.165) is 30.1 Å². The van der Waals surface area contributed by atoms with Crippen LogP contribution in [-0.4, -0.2) is 70.2 Å². The highest BCUT2D eigenvalue weighted by Crippen LogP contribution is 2.39. The number of carbonyl (C=O) groups is 4. The standard InChI is InChI=1S/C22H26N4O4/c1-22(2,3)25-11-13-8-14(25)10-24(13)12-4-5-15-16(9-12)21(30)26(20(15)29)17-6-7-18(27)23-19(17)28/h4-5,9,13-14,17H,6-8,10-11H2,1-3H3,(H,23,27,28)/t13-,14-,17?/m1/s1. The second-order valence-corrected chi connectivity index (χ2v) is 9.70. The van der Waals surface area contributed by atoms with E-state index in [2.05, 4.69) is 35.9 Å². The number of rotatable bonds is 2. The normalized spacial score (nSPS) is 29.1. The van der Waals surface area contributed by atoms with Crippen LogP contribution in [0.2, 0.25) is 0 Å². The van der Waals surface area contributed by atoms with Gasteiger partial charge in [-0.3, -0.25) is 34.3 Å². The number of nitrogens with one attached hydrogen (secondary N) is 1. The van der Waals surface area contributed by atoms with E-state index in [0.29, 0.717) is 23.2 Å². The molecule has 3 atom stereocenters. The molecule has 3 fully saturated rings. The van der Waals surface area contributed by atoms with Gasteiger partial charge >= 0.3 is 0 Å².